The highest BCUT2D eigenvalue weighted by atomic mass is 19.1. The first-order valence-corrected chi connectivity index (χ1v) is 10.5. The summed E-state index contributed by atoms with van der Waals surface area (Å²) in [7, 11) is 0. The Morgan fingerprint density at radius 1 is 1.38 bits per heavy atom. The molecule has 0 amide bonds. The van der Waals surface area contributed by atoms with Gasteiger partial charge in [-0.1, -0.05) is 38.4 Å². The minimum Gasteiger partial charge on any atom is -0.462 e. The van der Waals surface area contributed by atoms with E-state index < -0.39 is 42.8 Å². The number of nitrogens with two attached hydrogens (primary N) is 1. The van der Waals surface area contributed by atoms with E-state index in [1.54, 1.807) is 0 Å². The number of rotatable bonds is 11. The van der Waals surface area contributed by atoms with Gasteiger partial charge >= 0.3 is 11.9 Å². The molecule has 12 heteroatoms. The molecule has 2 rings (SSSR count). The molecule has 0 aromatic carbocycles. The number of ether oxygens (including phenoxy) is 3. The van der Waals surface area contributed by atoms with Gasteiger partial charge < -0.3 is 24.8 Å². The molecule has 2 aliphatic heterocycles. The highest BCUT2D eigenvalue weighted by Crippen LogP contribution is 2.40. The van der Waals surface area contributed by atoms with Crippen LogP contribution in [0.15, 0.2) is 34.8 Å². The molecule has 0 aromatic heterocycles. The molecule has 32 heavy (non-hydrogen) atoms. The van der Waals surface area contributed by atoms with E-state index in [1.807, 2.05) is 13.8 Å². The average Bonchev–Trinajstić information content (AvgIpc) is 3.01. The van der Waals surface area contributed by atoms with Gasteiger partial charge in [0.1, 0.15) is 18.3 Å². The Kier molecular flexibility index (Phi) is 9.03. The number of hydrogen-bond donors (Lipinski definition) is 1. The van der Waals surface area contributed by atoms with Crippen molar-refractivity contribution in [3.05, 3.63) is 35.1 Å². The zero-order valence-electron chi connectivity index (χ0n) is 18.3. The minimum absolute atomic E-state index is 0.0458. The number of unbranched alkanes of at least 4 members (excludes halogenated alkanes) is 2. The van der Waals surface area contributed by atoms with Crippen molar-refractivity contribution in [2.75, 3.05) is 6.61 Å². The Bertz CT molecular complexity index is 827. The summed E-state index contributed by atoms with van der Waals surface area (Å²) >= 11 is 0. The fraction of sp³-hybridized carbons (Fsp3) is 0.650. The summed E-state index contributed by atoms with van der Waals surface area (Å²) in [6, 6.07) is 0. The molecule has 0 unspecified atom stereocenters. The summed E-state index contributed by atoms with van der Waals surface area (Å²) in [6.45, 7) is 6.89. The normalized spacial score (nSPS) is 27.0. The summed E-state index contributed by atoms with van der Waals surface area (Å²) < 4.78 is 31.9. The van der Waals surface area contributed by atoms with Crippen molar-refractivity contribution in [2.24, 2.45) is 15.8 Å². The summed E-state index contributed by atoms with van der Waals surface area (Å²) in [5.41, 5.74) is 12.7. The zero-order valence-corrected chi connectivity index (χ0v) is 18.3. The maximum Gasteiger partial charge on any atom is 0.306 e. The van der Waals surface area contributed by atoms with Crippen molar-refractivity contribution < 1.29 is 28.2 Å². The predicted molar refractivity (Wildman–Crippen MR) is 113 cm³/mol. The summed E-state index contributed by atoms with van der Waals surface area (Å²) in [5, 5.41) is 3.58. The molecule has 0 bridgehead atoms. The van der Waals surface area contributed by atoms with Crippen LogP contribution in [-0.4, -0.2) is 53.5 Å². The van der Waals surface area contributed by atoms with Crippen molar-refractivity contribution in [1.29, 1.82) is 0 Å². The van der Waals surface area contributed by atoms with Gasteiger partial charge in [-0.15, -0.1) is 0 Å². The fourth-order valence-electron chi connectivity index (χ4n) is 3.23. The van der Waals surface area contributed by atoms with Gasteiger partial charge in [0, 0.05) is 24.0 Å². The SMILES string of the molecule is C=C1N=C(N)C=CN1[C@@H]1O[C@@](COC(=O)CCCC)(N=[N+]=[N-])[C@@H](OC(=O)CCCC)[C@H]1F. The van der Waals surface area contributed by atoms with Crippen LogP contribution in [0.3, 0.4) is 0 Å². The van der Waals surface area contributed by atoms with Crippen LogP contribution >= 0.6 is 0 Å². The fourth-order valence-corrected chi connectivity index (χ4v) is 3.23. The Labute approximate surface area is 185 Å². The van der Waals surface area contributed by atoms with Crippen LogP contribution in [0.25, 0.3) is 10.4 Å². The molecule has 11 nitrogen and oxygen atoms in total. The lowest BCUT2D eigenvalue weighted by molar-refractivity contribution is -0.178. The van der Waals surface area contributed by atoms with Crippen LogP contribution in [0.5, 0.6) is 0 Å². The van der Waals surface area contributed by atoms with Gasteiger partial charge in [-0.2, -0.15) is 0 Å². The van der Waals surface area contributed by atoms with Gasteiger partial charge in [-0.05, 0) is 24.4 Å². The monoisotopic (exact) mass is 452 g/mol. The molecule has 2 heterocycles. The van der Waals surface area contributed by atoms with Gasteiger partial charge in [0.25, 0.3) is 0 Å². The van der Waals surface area contributed by atoms with Crippen molar-refractivity contribution in [3.8, 4) is 0 Å². The first-order chi connectivity index (χ1) is 15.3. The minimum atomic E-state index is -2.11. The van der Waals surface area contributed by atoms with Crippen LogP contribution < -0.4 is 5.73 Å². The lowest BCUT2D eigenvalue weighted by Gasteiger charge is -2.31. The average molecular weight is 452 g/mol. The number of esters is 2. The van der Waals surface area contributed by atoms with Crippen molar-refractivity contribution in [1.82, 2.24) is 4.90 Å². The van der Waals surface area contributed by atoms with E-state index in [2.05, 4.69) is 21.6 Å². The Morgan fingerprint density at radius 3 is 2.62 bits per heavy atom. The zero-order chi connectivity index (χ0) is 23.7. The Morgan fingerprint density at radius 2 is 2.03 bits per heavy atom. The van der Waals surface area contributed by atoms with Crippen molar-refractivity contribution >= 4 is 17.8 Å². The molecule has 4 atom stereocenters. The summed E-state index contributed by atoms with van der Waals surface area (Å²) in [6.07, 6.45) is 0.562. The van der Waals surface area contributed by atoms with E-state index in [-0.39, 0.29) is 24.5 Å². The quantitative estimate of drug-likeness (QED) is 0.219. The molecule has 1 saturated heterocycles. The first kappa shape index (κ1) is 25.2. The number of aliphatic imine (C=N–C) groups is 1. The van der Waals surface area contributed by atoms with Gasteiger partial charge in [-0.3, -0.25) is 9.59 Å². The number of hydrogen-bond acceptors (Lipinski definition) is 9. The number of azide groups is 1. The molecule has 2 aliphatic rings. The lowest BCUT2D eigenvalue weighted by Crippen LogP contribution is -2.47. The Hall–Kier alpha value is -3.11. The van der Waals surface area contributed by atoms with E-state index in [9.17, 15) is 9.59 Å². The van der Waals surface area contributed by atoms with Crippen LogP contribution in [-0.2, 0) is 23.8 Å². The van der Waals surface area contributed by atoms with Gasteiger partial charge in [0.15, 0.2) is 18.5 Å². The highest BCUT2D eigenvalue weighted by molar-refractivity contribution is 5.92. The number of amidine groups is 1. The van der Waals surface area contributed by atoms with Crippen LogP contribution in [0.1, 0.15) is 52.4 Å². The standard InChI is InChI=1S/C20H29FN6O5/c1-4-6-8-15(28)30-12-20(25-26-23)18(31-16(29)9-7-5-2)17(21)19(32-20)27-11-10-14(22)24-13(27)3/h10-11,17-19H,3-9,12H2,1-2H3,(H2,22,24)/t17-,18+,19-,20-/m1/s1. The third kappa shape index (κ3) is 5.98. The van der Waals surface area contributed by atoms with Crippen LogP contribution in [0.4, 0.5) is 4.39 Å². The number of halogens is 1. The molecular weight excluding hydrogens is 423 g/mol. The van der Waals surface area contributed by atoms with E-state index in [0.717, 1.165) is 12.8 Å². The Balaban J connectivity index is 2.33. The van der Waals surface area contributed by atoms with E-state index in [1.165, 1.54) is 17.2 Å². The molecule has 0 saturated carbocycles. The maximum absolute atomic E-state index is 15.6. The topological polar surface area (TPSA) is 152 Å². The number of nitrogens with zero attached hydrogens (tertiary/aromatic N) is 5. The molecule has 0 aromatic rings. The largest absolute Gasteiger partial charge is 0.462 e. The number of alkyl halides is 1. The summed E-state index contributed by atoms with van der Waals surface area (Å²) in [4.78, 5) is 32.3. The smallest absolute Gasteiger partial charge is 0.306 e. The molecule has 0 spiro atoms. The molecular formula is C20H29FN6O5. The van der Waals surface area contributed by atoms with Gasteiger partial charge in [-0.25, -0.2) is 9.38 Å². The second kappa shape index (κ2) is 11.5. The predicted octanol–water partition coefficient (Wildman–Crippen LogP) is 3.18. The van der Waals surface area contributed by atoms with Crippen LogP contribution in [0, 0.1) is 0 Å². The molecule has 176 valence electrons. The molecule has 0 aliphatic carbocycles. The third-order valence-corrected chi connectivity index (χ3v) is 4.95. The lowest BCUT2D eigenvalue weighted by atomic mass is 10.1. The van der Waals surface area contributed by atoms with E-state index in [0.29, 0.717) is 12.8 Å². The first-order valence-electron chi connectivity index (χ1n) is 10.5. The maximum atomic E-state index is 15.6. The third-order valence-electron chi connectivity index (χ3n) is 4.95. The number of carbonyl (C=O) groups excluding carboxylic acids is 2. The number of carbonyl (C=O) groups is 2. The van der Waals surface area contributed by atoms with E-state index >= 15 is 4.39 Å². The van der Waals surface area contributed by atoms with Gasteiger partial charge in [0.2, 0.25) is 5.72 Å². The van der Waals surface area contributed by atoms with Crippen molar-refractivity contribution in [2.45, 2.75) is 76.6 Å². The summed E-state index contributed by atoms with van der Waals surface area (Å²) in [5.74, 6) is -1.02. The molecule has 2 N–H and O–H groups in total. The molecule has 1 fully saturated rings. The van der Waals surface area contributed by atoms with E-state index in [4.69, 9.17) is 25.5 Å². The second-order valence-electron chi connectivity index (χ2n) is 7.44. The highest BCUT2D eigenvalue weighted by Gasteiger charge is 2.60. The van der Waals surface area contributed by atoms with Crippen LogP contribution in [0.2, 0.25) is 0 Å². The molecule has 0 radical (unpaired) electrons. The van der Waals surface area contributed by atoms with Gasteiger partial charge in [0.05, 0.1) is 0 Å². The van der Waals surface area contributed by atoms with Crippen molar-refractivity contribution in [3.63, 3.8) is 0 Å². The second-order valence-corrected chi connectivity index (χ2v) is 7.44.